The lowest BCUT2D eigenvalue weighted by Crippen LogP contribution is -2.31. The van der Waals surface area contributed by atoms with Crippen LogP contribution in [-0.4, -0.2) is 57.1 Å². The first kappa shape index (κ1) is 13.8. The molecular weight excluding hydrogens is 296 g/mol. The number of β-amino-alcohol motifs (C(OH)–C–C–N with tert-alkyl or cyclic N) is 2. The van der Waals surface area contributed by atoms with Crippen LogP contribution in [0.25, 0.3) is 10.2 Å². The Kier molecular flexibility index (Phi) is 3.93. The van der Waals surface area contributed by atoms with Gasteiger partial charge in [-0.2, -0.15) is 0 Å². The van der Waals surface area contributed by atoms with E-state index in [4.69, 9.17) is 0 Å². The van der Waals surface area contributed by atoms with E-state index in [-0.39, 0.29) is 24.7 Å². The van der Waals surface area contributed by atoms with Gasteiger partial charge in [0.2, 0.25) is 5.91 Å². The monoisotopic (exact) mass is 310 g/mol. The molecule has 2 N–H and O–H groups in total. The van der Waals surface area contributed by atoms with Crippen molar-refractivity contribution in [3.63, 3.8) is 0 Å². The molecule has 2 atom stereocenters. The minimum absolute atomic E-state index is 0.0788. The molecule has 0 aliphatic carbocycles. The van der Waals surface area contributed by atoms with Gasteiger partial charge in [-0.25, -0.2) is 4.98 Å². The van der Waals surface area contributed by atoms with E-state index in [1.165, 1.54) is 16.7 Å². The predicted molar refractivity (Wildman–Crippen MR) is 78.9 cm³/mol. The van der Waals surface area contributed by atoms with Gasteiger partial charge in [0.15, 0.2) is 4.34 Å². The molecule has 7 heteroatoms. The fourth-order valence-corrected chi connectivity index (χ4v) is 4.07. The SMILES string of the molecule is O=C(CSc1nc2ccccc2s1)N1C[C@@H](O)[C@@H](O)C1. The predicted octanol–water partition coefficient (Wildman–Crippen LogP) is 0.952. The molecule has 1 aromatic heterocycles. The molecule has 0 unspecified atom stereocenters. The molecule has 0 saturated carbocycles. The number of hydrogen-bond donors (Lipinski definition) is 2. The number of aliphatic hydroxyl groups is 2. The average molecular weight is 310 g/mol. The van der Waals surface area contributed by atoms with Crippen molar-refractivity contribution in [3.8, 4) is 0 Å². The molecule has 20 heavy (non-hydrogen) atoms. The summed E-state index contributed by atoms with van der Waals surface area (Å²) in [6, 6.07) is 7.86. The van der Waals surface area contributed by atoms with E-state index in [1.807, 2.05) is 24.3 Å². The number of nitrogens with zero attached hydrogens (tertiary/aromatic N) is 2. The maximum atomic E-state index is 12.0. The summed E-state index contributed by atoms with van der Waals surface area (Å²) in [5, 5.41) is 18.9. The lowest BCUT2D eigenvalue weighted by atomic mass is 10.3. The number of carbonyl (C=O) groups is 1. The zero-order valence-electron chi connectivity index (χ0n) is 10.6. The Hall–Kier alpha value is -1.15. The maximum absolute atomic E-state index is 12.0. The van der Waals surface area contributed by atoms with Gasteiger partial charge in [-0.05, 0) is 12.1 Å². The molecule has 0 spiro atoms. The Morgan fingerprint density at radius 1 is 1.35 bits per heavy atom. The lowest BCUT2D eigenvalue weighted by Gasteiger charge is -2.14. The van der Waals surface area contributed by atoms with Crippen molar-refractivity contribution in [3.05, 3.63) is 24.3 Å². The quantitative estimate of drug-likeness (QED) is 0.826. The number of aromatic nitrogens is 1. The van der Waals surface area contributed by atoms with Gasteiger partial charge in [0.25, 0.3) is 0 Å². The molecule has 1 fully saturated rings. The summed E-state index contributed by atoms with van der Waals surface area (Å²) in [7, 11) is 0. The zero-order chi connectivity index (χ0) is 14.1. The van der Waals surface area contributed by atoms with E-state index in [0.717, 1.165) is 14.6 Å². The van der Waals surface area contributed by atoms with Crippen LogP contribution in [0.4, 0.5) is 0 Å². The average Bonchev–Trinajstić information content (AvgIpc) is 3.00. The third-order valence-corrected chi connectivity index (χ3v) is 5.37. The van der Waals surface area contributed by atoms with Crippen LogP contribution in [0.15, 0.2) is 28.6 Å². The number of amides is 1. The van der Waals surface area contributed by atoms with Crippen LogP contribution in [0.5, 0.6) is 0 Å². The summed E-state index contributed by atoms with van der Waals surface area (Å²) in [6.45, 7) is 0.417. The highest BCUT2D eigenvalue weighted by Crippen LogP contribution is 2.29. The van der Waals surface area contributed by atoms with Crippen LogP contribution in [0, 0.1) is 0 Å². The van der Waals surface area contributed by atoms with E-state index in [0.29, 0.717) is 0 Å². The van der Waals surface area contributed by atoms with Gasteiger partial charge in [0.1, 0.15) is 0 Å². The summed E-state index contributed by atoms with van der Waals surface area (Å²) >= 11 is 2.96. The van der Waals surface area contributed by atoms with E-state index in [9.17, 15) is 15.0 Å². The smallest absolute Gasteiger partial charge is 0.233 e. The Morgan fingerprint density at radius 3 is 2.75 bits per heavy atom. The maximum Gasteiger partial charge on any atom is 0.233 e. The topological polar surface area (TPSA) is 73.7 Å². The van der Waals surface area contributed by atoms with Crippen LogP contribution in [0.3, 0.4) is 0 Å². The van der Waals surface area contributed by atoms with Crippen molar-refractivity contribution in [1.29, 1.82) is 0 Å². The molecule has 2 heterocycles. The zero-order valence-corrected chi connectivity index (χ0v) is 12.2. The van der Waals surface area contributed by atoms with Gasteiger partial charge in [-0.3, -0.25) is 4.79 Å². The normalized spacial score (nSPS) is 22.6. The van der Waals surface area contributed by atoms with Crippen molar-refractivity contribution in [2.24, 2.45) is 0 Å². The number of benzene rings is 1. The first-order valence-electron chi connectivity index (χ1n) is 6.26. The summed E-state index contributed by atoms with van der Waals surface area (Å²) in [6.07, 6.45) is -1.65. The Labute approximate surface area is 124 Å². The summed E-state index contributed by atoms with van der Waals surface area (Å²) < 4.78 is 1.97. The van der Waals surface area contributed by atoms with Crippen LogP contribution in [0.1, 0.15) is 0 Å². The number of thiazole rings is 1. The van der Waals surface area contributed by atoms with E-state index in [2.05, 4.69) is 4.98 Å². The van der Waals surface area contributed by atoms with Crippen molar-refractivity contribution in [2.75, 3.05) is 18.8 Å². The van der Waals surface area contributed by atoms with Crippen LogP contribution in [0.2, 0.25) is 0 Å². The summed E-state index contributed by atoms with van der Waals surface area (Å²) in [5.74, 6) is 0.198. The van der Waals surface area contributed by atoms with E-state index >= 15 is 0 Å². The summed E-state index contributed by atoms with van der Waals surface area (Å²) in [5.41, 5.74) is 0.944. The number of thioether (sulfide) groups is 1. The highest BCUT2D eigenvalue weighted by molar-refractivity contribution is 8.01. The molecule has 3 rings (SSSR count). The fourth-order valence-electron chi connectivity index (χ4n) is 2.10. The second kappa shape index (κ2) is 5.69. The second-order valence-electron chi connectivity index (χ2n) is 4.67. The molecule has 5 nitrogen and oxygen atoms in total. The van der Waals surface area contributed by atoms with Crippen LogP contribution >= 0.6 is 23.1 Å². The number of aliphatic hydroxyl groups excluding tert-OH is 2. The Balaban J connectivity index is 1.60. The molecular formula is C13H14N2O3S2. The highest BCUT2D eigenvalue weighted by atomic mass is 32.2. The molecule has 1 amide bonds. The summed E-state index contributed by atoms with van der Waals surface area (Å²) in [4.78, 5) is 17.9. The Morgan fingerprint density at radius 2 is 2.05 bits per heavy atom. The first-order chi connectivity index (χ1) is 9.63. The highest BCUT2D eigenvalue weighted by Gasteiger charge is 2.32. The Bertz CT molecular complexity index is 588. The minimum atomic E-state index is -0.827. The number of fused-ring (bicyclic) bond motifs is 1. The fraction of sp³-hybridized carbons (Fsp3) is 0.385. The van der Waals surface area contributed by atoms with Gasteiger partial charge in [0, 0.05) is 13.1 Å². The molecule has 0 bridgehead atoms. The molecule has 106 valence electrons. The minimum Gasteiger partial charge on any atom is -0.388 e. The van der Waals surface area contributed by atoms with Gasteiger partial charge in [0.05, 0.1) is 28.2 Å². The van der Waals surface area contributed by atoms with Crippen LogP contribution < -0.4 is 0 Å². The van der Waals surface area contributed by atoms with Gasteiger partial charge in [-0.15, -0.1) is 11.3 Å². The van der Waals surface area contributed by atoms with Crippen molar-refractivity contribution >= 4 is 39.2 Å². The number of likely N-dealkylation sites (tertiary alicyclic amines) is 1. The van der Waals surface area contributed by atoms with Crippen LogP contribution in [-0.2, 0) is 4.79 Å². The van der Waals surface area contributed by atoms with Gasteiger partial charge in [-0.1, -0.05) is 23.9 Å². The van der Waals surface area contributed by atoms with Crippen molar-refractivity contribution in [1.82, 2.24) is 9.88 Å². The van der Waals surface area contributed by atoms with Crippen molar-refractivity contribution in [2.45, 2.75) is 16.5 Å². The molecule has 1 aromatic carbocycles. The third-order valence-electron chi connectivity index (χ3n) is 3.21. The number of hydrogen-bond acceptors (Lipinski definition) is 6. The molecule has 1 aliphatic rings. The van der Waals surface area contributed by atoms with E-state index in [1.54, 1.807) is 11.3 Å². The largest absolute Gasteiger partial charge is 0.388 e. The number of carbonyl (C=O) groups excluding carboxylic acids is 1. The van der Waals surface area contributed by atoms with Crippen molar-refractivity contribution < 1.29 is 15.0 Å². The van der Waals surface area contributed by atoms with Gasteiger partial charge >= 0.3 is 0 Å². The second-order valence-corrected chi connectivity index (χ2v) is 6.92. The molecule has 0 radical (unpaired) electrons. The standard InChI is InChI=1S/C13H14N2O3S2/c16-9-5-15(6-10(9)17)12(18)7-19-13-14-8-3-1-2-4-11(8)20-13/h1-4,9-10,16-17H,5-7H2/t9-,10+. The van der Waals surface area contributed by atoms with E-state index < -0.39 is 12.2 Å². The first-order valence-corrected chi connectivity index (χ1v) is 8.06. The number of para-hydroxylation sites is 1. The third kappa shape index (κ3) is 2.80. The molecule has 1 aliphatic heterocycles. The molecule has 1 saturated heterocycles. The lowest BCUT2D eigenvalue weighted by molar-refractivity contribution is -0.127. The molecule has 2 aromatic rings. The number of rotatable bonds is 3. The van der Waals surface area contributed by atoms with Gasteiger partial charge < -0.3 is 15.1 Å².